The largest absolute Gasteiger partial charge is 0.322 e. The molecular formula is C7H18N2Si2. The van der Waals surface area contributed by atoms with E-state index in [2.05, 4.69) is 54.5 Å². The quantitative estimate of drug-likeness (QED) is 0.571. The van der Waals surface area contributed by atoms with E-state index in [1.165, 1.54) is 0 Å². The van der Waals surface area contributed by atoms with Crippen LogP contribution in [0.2, 0.25) is 19.6 Å². The topological polar surface area (TPSA) is 6.48 Å². The van der Waals surface area contributed by atoms with Gasteiger partial charge < -0.3 is 8.46 Å². The van der Waals surface area contributed by atoms with Crippen molar-refractivity contribution in [2.45, 2.75) is 19.6 Å². The van der Waals surface area contributed by atoms with Crippen molar-refractivity contribution in [2.24, 2.45) is 0 Å². The SMILES string of the molecule is C=C[Si]1(C)N(C)[Si](C)(C)N1C. The van der Waals surface area contributed by atoms with Crippen LogP contribution in [0.5, 0.6) is 0 Å². The standard InChI is InChI=1S/C7H18N2Si2/c1-7-11(6)8(2)10(4,5)9(11)3/h7H,1H2,2-6H3. The summed E-state index contributed by atoms with van der Waals surface area (Å²) in [5.74, 6) is 0. The van der Waals surface area contributed by atoms with E-state index in [1.54, 1.807) is 0 Å². The van der Waals surface area contributed by atoms with Gasteiger partial charge >= 0.3 is 0 Å². The molecule has 0 radical (unpaired) electrons. The Balaban J connectivity index is 2.87. The Kier molecular flexibility index (Phi) is 1.91. The van der Waals surface area contributed by atoms with Crippen LogP contribution in [0.3, 0.4) is 0 Å². The fourth-order valence-electron chi connectivity index (χ4n) is 1.79. The summed E-state index contributed by atoms with van der Waals surface area (Å²) in [7, 11) is 2.02. The second-order valence-corrected chi connectivity index (χ2v) is 13.1. The summed E-state index contributed by atoms with van der Waals surface area (Å²) in [6.07, 6.45) is 0. The predicted octanol–water partition coefficient (Wildman–Crippen LogP) is 1.36. The second-order valence-electron chi connectivity index (χ2n) is 3.91. The molecule has 1 rings (SSSR count). The number of nitrogens with zero attached hydrogens (tertiary/aromatic N) is 2. The highest BCUT2D eigenvalue weighted by Gasteiger charge is 2.58. The Hall–Kier alpha value is 0.0938. The van der Waals surface area contributed by atoms with Gasteiger partial charge in [0.2, 0.25) is 8.40 Å². The van der Waals surface area contributed by atoms with Gasteiger partial charge in [-0.25, -0.2) is 0 Å². The van der Waals surface area contributed by atoms with E-state index in [4.69, 9.17) is 0 Å². The number of hydrogen-bond donors (Lipinski definition) is 0. The zero-order valence-corrected chi connectivity index (χ0v) is 10.2. The third kappa shape index (κ3) is 0.901. The fraction of sp³-hybridized carbons (Fsp3) is 0.714. The summed E-state index contributed by atoms with van der Waals surface area (Å²) < 4.78 is 5.18. The highest BCUT2D eigenvalue weighted by atomic mass is 28.5. The monoisotopic (exact) mass is 186 g/mol. The molecule has 0 saturated carbocycles. The van der Waals surface area contributed by atoms with E-state index in [0.717, 1.165) is 0 Å². The van der Waals surface area contributed by atoms with Crippen molar-refractivity contribution in [3.05, 3.63) is 12.3 Å². The van der Waals surface area contributed by atoms with Crippen LogP contribution in [0.4, 0.5) is 0 Å². The number of hydrogen-bond acceptors (Lipinski definition) is 2. The van der Waals surface area contributed by atoms with E-state index in [9.17, 15) is 0 Å². The van der Waals surface area contributed by atoms with Gasteiger partial charge in [0.15, 0.2) is 8.40 Å². The summed E-state index contributed by atoms with van der Waals surface area (Å²) >= 11 is 0. The van der Waals surface area contributed by atoms with E-state index >= 15 is 0 Å². The van der Waals surface area contributed by atoms with Crippen molar-refractivity contribution >= 4 is 16.8 Å². The normalized spacial score (nSPS) is 29.5. The van der Waals surface area contributed by atoms with Crippen LogP contribution < -0.4 is 0 Å². The maximum atomic E-state index is 3.92. The minimum absolute atomic E-state index is 1.16. The van der Waals surface area contributed by atoms with Crippen molar-refractivity contribution in [3.63, 3.8) is 0 Å². The molecule has 1 heterocycles. The van der Waals surface area contributed by atoms with Crippen molar-refractivity contribution in [2.75, 3.05) is 14.1 Å². The Labute approximate surface area is 71.8 Å². The van der Waals surface area contributed by atoms with Gasteiger partial charge in [0.25, 0.3) is 0 Å². The molecule has 0 atom stereocenters. The number of rotatable bonds is 1. The Morgan fingerprint density at radius 1 is 1.09 bits per heavy atom. The minimum atomic E-state index is -1.32. The van der Waals surface area contributed by atoms with Crippen molar-refractivity contribution in [3.8, 4) is 0 Å². The molecule has 0 aliphatic carbocycles. The van der Waals surface area contributed by atoms with Crippen molar-refractivity contribution < 1.29 is 0 Å². The molecule has 0 aromatic heterocycles. The van der Waals surface area contributed by atoms with Gasteiger partial charge in [0.05, 0.1) is 0 Å². The maximum absolute atomic E-state index is 3.92. The van der Waals surface area contributed by atoms with Crippen LogP contribution in [-0.4, -0.2) is 39.4 Å². The van der Waals surface area contributed by atoms with Gasteiger partial charge in [-0.2, -0.15) is 0 Å². The average molecular weight is 186 g/mol. The van der Waals surface area contributed by atoms with Crippen LogP contribution in [0, 0.1) is 0 Å². The second kappa shape index (κ2) is 2.29. The lowest BCUT2D eigenvalue weighted by molar-refractivity contribution is 0.491. The first kappa shape index (κ1) is 9.18. The van der Waals surface area contributed by atoms with Crippen molar-refractivity contribution in [1.29, 1.82) is 0 Å². The Morgan fingerprint density at radius 2 is 1.45 bits per heavy atom. The van der Waals surface area contributed by atoms with Crippen molar-refractivity contribution in [1.82, 2.24) is 8.46 Å². The zero-order valence-electron chi connectivity index (χ0n) is 8.18. The third-order valence-corrected chi connectivity index (χ3v) is 16.2. The lowest BCUT2D eigenvalue weighted by Gasteiger charge is -2.64. The van der Waals surface area contributed by atoms with Gasteiger partial charge in [-0.3, -0.25) is 0 Å². The highest BCUT2D eigenvalue weighted by Crippen LogP contribution is 2.35. The molecule has 1 fully saturated rings. The van der Waals surface area contributed by atoms with E-state index in [1.807, 2.05) is 0 Å². The first-order valence-electron chi connectivity index (χ1n) is 3.99. The molecule has 0 bridgehead atoms. The molecule has 1 aliphatic heterocycles. The molecule has 1 saturated heterocycles. The molecule has 2 nitrogen and oxygen atoms in total. The lowest BCUT2D eigenvalue weighted by Crippen LogP contribution is -2.87. The van der Waals surface area contributed by atoms with Crippen LogP contribution in [0.1, 0.15) is 0 Å². The molecule has 0 spiro atoms. The summed E-state index contributed by atoms with van der Waals surface area (Å²) in [4.78, 5) is 0. The van der Waals surface area contributed by atoms with Gasteiger partial charge in [-0.15, -0.1) is 6.58 Å². The third-order valence-electron chi connectivity index (χ3n) is 3.39. The maximum Gasteiger partial charge on any atom is 0.216 e. The highest BCUT2D eigenvalue weighted by molar-refractivity contribution is 7.05. The molecule has 11 heavy (non-hydrogen) atoms. The molecule has 1 aliphatic rings. The summed E-state index contributed by atoms with van der Waals surface area (Å²) in [6.45, 7) is 11.0. The fourth-order valence-corrected chi connectivity index (χ4v) is 13.8. The molecule has 0 N–H and O–H groups in total. The van der Waals surface area contributed by atoms with E-state index in [0.29, 0.717) is 0 Å². The van der Waals surface area contributed by atoms with Gasteiger partial charge in [0.1, 0.15) is 0 Å². The van der Waals surface area contributed by atoms with Gasteiger partial charge in [-0.1, -0.05) is 5.70 Å². The summed E-state index contributed by atoms with van der Waals surface area (Å²) in [5, 5.41) is 0. The van der Waals surface area contributed by atoms with Crippen LogP contribution in [0.15, 0.2) is 12.3 Å². The van der Waals surface area contributed by atoms with Crippen LogP contribution in [-0.2, 0) is 0 Å². The summed E-state index contributed by atoms with van der Waals surface area (Å²) in [6, 6.07) is 0. The molecule has 0 amide bonds. The molecule has 64 valence electrons. The molecular weight excluding hydrogens is 168 g/mol. The first-order chi connectivity index (χ1) is 4.87. The van der Waals surface area contributed by atoms with Crippen LogP contribution >= 0.6 is 0 Å². The molecule has 0 aromatic carbocycles. The predicted molar refractivity (Wildman–Crippen MR) is 54.8 cm³/mol. The molecule has 0 unspecified atom stereocenters. The first-order valence-corrected chi connectivity index (χ1v) is 9.35. The molecule has 4 heteroatoms. The zero-order chi connectivity index (χ0) is 8.86. The van der Waals surface area contributed by atoms with Crippen LogP contribution in [0.25, 0.3) is 0 Å². The minimum Gasteiger partial charge on any atom is -0.322 e. The van der Waals surface area contributed by atoms with Gasteiger partial charge in [-0.05, 0) is 33.7 Å². The summed E-state index contributed by atoms with van der Waals surface area (Å²) in [5.41, 5.74) is 2.16. The van der Waals surface area contributed by atoms with Gasteiger partial charge in [0, 0.05) is 0 Å². The lowest BCUT2D eigenvalue weighted by atomic mass is 11.3. The van der Waals surface area contributed by atoms with E-state index in [-0.39, 0.29) is 0 Å². The molecule has 0 aromatic rings. The smallest absolute Gasteiger partial charge is 0.216 e. The Bertz CT molecular complexity index is 179. The van der Waals surface area contributed by atoms with E-state index < -0.39 is 16.8 Å². The Morgan fingerprint density at radius 3 is 1.64 bits per heavy atom. The average Bonchev–Trinajstić information content (AvgIpc) is 2.00.